The van der Waals surface area contributed by atoms with E-state index >= 15 is 0 Å². The number of aliphatic hydroxyl groups is 2. The molecule has 0 radical (unpaired) electrons. The number of carbonyl (C=O) groups excluding carboxylic acids is 1. The van der Waals surface area contributed by atoms with Crippen molar-refractivity contribution in [3.63, 3.8) is 0 Å². The summed E-state index contributed by atoms with van der Waals surface area (Å²) in [4.78, 5) is 12.4. The lowest BCUT2D eigenvalue weighted by Gasteiger charge is -2.20. The summed E-state index contributed by atoms with van der Waals surface area (Å²) in [5.41, 5.74) is 0. The molecule has 0 aliphatic carbocycles. The van der Waals surface area contributed by atoms with E-state index in [1.807, 2.05) is 6.08 Å². The quantitative estimate of drug-likeness (QED) is 0.0428. The minimum Gasteiger partial charge on any atom is -0.394 e. The van der Waals surface area contributed by atoms with Gasteiger partial charge in [-0.25, -0.2) is 0 Å². The largest absolute Gasteiger partial charge is 0.394 e. The summed E-state index contributed by atoms with van der Waals surface area (Å²) in [6, 6.07) is -0.622. The molecule has 0 heterocycles. The van der Waals surface area contributed by atoms with Crippen LogP contribution in [0.3, 0.4) is 0 Å². The third-order valence-corrected chi connectivity index (χ3v) is 11.4. The Morgan fingerprint density at radius 3 is 1.02 bits per heavy atom. The topological polar surface area (TPSA) is 69.6 Å². The Morgan fingerprint density at radius 1 is 0.426 bits per heavy atom. The number of hydrogen-bond donors (Lipinski definition) is 3. The Labute approximate surface area is 339 Å². The van der Waals surface area contributed by atoms with Crippen LogP contribution in [0.1, 0.15) is 271 Å². The molecule has 1 amide bonds. The minimum atomic E-state index is -0.839. The second kappa shape index (κ2) is 46.3. The molecule has 0 rings (SSSR count). The van der Waals surface area contributed by atoms with Crippen molar-refractivity contribution in [2.75, 3.05) is 6.61 Å². The third-order valence-electron chi connectivity index (χ3n) is 11.4. The summed E-state index contributed by atoms with van der Waals surface area (Å²) >= 11 is 0. The Balaban J connectivity index is 3.52. The summed E-state index contributed by atoms with van der Waals surface area (Å²) in [5, 5.41) is 23.1. The van der Waals surface area contributed by atoms with Gasteiger partial charge in [-0.1, -0.05) is 244 Å². The van der Waals surface area contributed by atoms with Gasteiger partial charge in [-0.15, -0.1) is 0 Å². The molecule has 0 aliphatic heterocycles. The lowest BCUT2D eigenvalue weighted by Crippen LogP contribution is -2.45. The molecule has 4 nitrogen and oxygen atoms in total. The predicted octanol–water partition coefficient (Wildman–Crippen LogP) is 15.6. The smallest absolute Gasteiger partial charge is 0.220 e. The van der Waals surface area contributed by atoms with Crippen LogP contribution in [0.25, 0.3) is 0 Å². The minimum absolute atomic E-state index is 0.0649. The van der Waals surface area contributed by atoms with Crippen LogP contribution >= 0.6 is 0 Å². The normalized spacial score (nSPS) is 13.0. The van der Waals surface area contributed by atoms with Crippen molar-refractivity contribution in [3.05, 3.63) is 24.3 Å². The van der Waals surface area contributed by atoms with E-state index in [4.69, 9.17) is 0 Å². The number of rotatable bonds is 45. The van der Waals surface area contributed by atoms with Crippen LogP contribution in [0.15, 0.2) is 24.3 Å². The molecule has 0 aromatic heterocycles. The van der Waals surface area contributed by atoms with Gasteiger partial charge in [-0.05, 0) is 44.9 Å². The van der Waals surface area contributed by atoms with Crippen molar-refractivity contribution in [1.29, 1.82) is 0 Å². The molecule has 0 aliphatic rings. The maximum absolute atomic E-state index is 12.4. The first-order valence-electron chi connectivity index (χ1n) is 24.6. The molecule has 54 heavy (non-hydrogen) atoms. The fraction of sp³-hybridized carbons (Fsp3) is 0.900. The predicted molar refractivity (Wildman–Crippen MR) is 239 cm³/mol. The van der Waals surface area contributed by atoms with Gasteiger partial charge < -0.3 is 15.5 Å². The van der Waals surface area contributed by atoms with Crippen LogP contribution in [-0.4, -0.2) is 34.9 Å². The average molecular weight is 760 g/mol. The van der Waals surface area contributed by atoms with Crippen LogP contribution in [0.5, 0.6) is 0 Å². The van der Waals surface area contributed by atoms with Gasteiger partial charge in [0.2, 0.25) is 5.91 Å². The molecule has 0 spiro atoms. The molecule has 2 unspecified atom stereocenters. The highest BCUT2D eigenvalue weighted by molar-refractivity contribution is 5.76. The van der Waals surface area contributed by atoms with Crippen molar-refractivity contribution in [2.45, 2.75) is 283 Å². The fourth-order valence-corrected chi connectivity index (χ4v) is 7.65. The van der Waals surface area contributed by atoms with Gasteiger partial charge in [-0.2, -0.15) is 0 Å². The summed E-state index contributed by atoms with van der Waals surface area (Å²) in [5.74, 6) is -0.0649. The molecule has 4 heteroatoms. The van der Waals surface area contributed by atoms with E-state index < -0.39 is 12.1 Å². The Hall–Kier alpha value is -1.13. The number of nitrogens with one attached hydrogen (secondary N) is 1. The van der Waals surface area contributed by atoms with Crippen molar-refractivity contribution < 1.29 is 15.0 Å². The lowest BCUT2D eigenvalue weighted by atomic mass is 10.0. The van der Waals surface area contributed by atoms with Gasteiger partial charge >= 0.3 is 0 Å². The molecular formula is C50H97NO3. The summed E-state index contributed by atoms with van der Waals surface area (Å²) in [6.45, 7) is 4.33. The highest BCUT2D eigenvalue weighted by atomic mass is 16.3. The Bertz CT molecular complexity index is 780. The number of aliphatic hydroxyl groups excluding tert-OH is 2. The van der Waals surface area contributed by atoms with Gasteiger partial charge in [-0.3, -0.25) is 4.79 Å². The third kappa shape index (κ3) is 42.0. The van der Waals surface area contributed by atoms with E-state index in [1.165, 1.54) is 225 Å². The van der Waals surface area contributed by atoms with Crippen molar-refractivity contribution in [1.82, 2.24) is 5.32 Å². The van der Waals surface area contributed by atoms with Crippen LogP contribution < -0.4 is 5.32 Å². The molecular weight excluding hydrogens is 663 g/mol. The van der Waals surface area contributed by atoms with E-state index in [1.54, 1.807) is 6.08 Å². The monoisotopic (exact) mass is 760 g/mol. The first kappa shape index (κ1) is 52.9. The molecule has 0 saturated carbocycles. The molecule has 320 valence electrons. The lowest BCUT2D eigenvalue weighted by molar-refractivity contribution is -0.123. The van der Waals surface area contributed by atoms with Gasteiger partial charge in [0.05, 0.1) is 18.8 Å². The zero-order chi connectivity index (χ0) is 39.3. The van der Waals surface area contributed by atoms with Crippen molar-refractivity contribution in [3.8, 4) is 0 Å². The summed E-state index contributed by atoms with van der Waals surface area (Å²) in [7, 11) is 0. The number of carbonyl (C=O) groups is 1. The standard InChI is InChI=1S/C50H97NO3/c1-3-5-7-9-11-13-15-17-19-21-23-24-25-26-28-30-32-34-36-38-40-42-44-46-50(54)51-48(47-52)49(53)45-43-41-39-37-35-33-31-29-27-22-20-18-16-14-12-10-8-6-4-2/h26,28,43,45,48-49,52-53H,3-25,27,29-42,44,46-47H2,1-2H3,(H,51,54)/b28-26-,45-43+. The highest BCUT2D eigenvalue weighted by Gasteiger charge is 2.18. The van der Waals surface area contributed by atoms with E-state index in [9.17, 15) is 15.0 Å². The van der Waals surface area contributed by atoms with Gasteiger partial charge in [0.15, 0.2) is 0 Å². The zero-order valence-electron chi connectivity index (χ0n) is 36.8. The van der Waals surface area contributed by atoms with Crippen molar-refractivity contribution >= 4 is 5.91 Å². The number of unbranched alkanes of at least 4 members (excludes halogenated alkanes) is 36. The van der Waals surface area contributed by atoms with Gasteiger partial charge in [0, 0.05) is 6.42 Å². The van der Waals surface area contributed by atoms with Crippen molar-refractivity contribution in [2.24, 2.45) is 0 Å². The van der Waals surface area contributed by atoms with Crippen LogP contribution in [-0.2, 0) is 4.79 Å². The molecule has 0 fully saturated rings. The van der Waals surface area contributed by atoms with E-state index in [0.29, 0.717) is 6.42 Å². The maximum atomic E-state index is 12.4. The first-order chi connectivity index (χ1) is 26.7. The van der Waals surface area contributed by atoms with Crippen LogP contribution in [0, 0.1) is 0 Å². The number of hydrogen-bond acceptors (Lipinski definition) is 3. The first-order valence-corrected chi connectivity index (χ1v) is 24.6. The Kier molecular flexibility index (Phi) is 45.3. The van der Waals surface area contributed by atoms with Gasteiger partial charge in [0.25, 0.3) is 0 Å². The van der Waals surface area contributed by atoms with E-state index in [0.717, 1.165) is 25.7 Å². The number of amides is 1. The molecule has 0 aromatic carbocycles. The SMILES string of the molecule is CCCCCCCCCCCCCC/C=C\CCCCCCCCCC(=O)NC(CO)C(O)/C=C/CCCCCCCCCCCCCCCCCCC. The van der Waals surface area contributed by atoms with Gasteiger partial charge in [0.1, 0.15) is 0 Å². The van der Waals surface area contributed by atoms with Crippen LogP contribution in [0.2, 0.25) is 0 Å². The van der Waals surface area contributed by atoms with E-state index in [-0.39, 0.29) is 12.5 Å². The molecule has 0 bridgehead atoms. The molecule has 0 aromatic rings. The maximum Gasteiger partial charge on any atom is 0.220 e. The second-order valence-corrected chi connectivity index (χ2v) is 16.9. The number of allylic oxidation sites excluding steroid dienone is 3. The summed E-state index contributed by atoms with van der Waals surface area (Å²) in [6.07, 6.45) is 60.2. The Morgan fingerprint density at radius 2 is 0.704 bits per heavy atom. The average Bonchev–Trinajstić information content (AvgIpc) is 3.18. The van der Waals surface area contributed by atoms with E-state index in [2.05, 4.69) is 31.3 Å². The highest BCUT2D eigenvalue weighted by Crippen LogP contribution is 2.16. The van der Waals surface area contributed by atoms with Crippen LogP contribution in [0.4, 0.5) is 0 Å². The fourth-order valence-electron chi connectivity index (χ4n) is 7.65. The molecule has 2 atom stereocenters. The molecule has 3 N–H and O–H groups in total. The zero-order valence-corrected chi connectivity index (χ0v) is 36.8. The molecule has 0 saturated heterocycles. The summed E-state index contributed by atoms with van der Waals surface area (Å²) < 4.78 is 0. The second-order valence-electron chi connectivity index (χ2n) is 16.9.